The van der Waals surface area contributed by atoms with Crippen molar-refractivity contribution in [3.05, 3.63) is 33.8 Å². The molecular weight excluding hydrogens is 482 g/mol. The van der Waals surface area contributed by atoms with E-state index in [1.165, 1.54) is 18.4 Å². The molecule has 2 aromatic rings. The van der Waals surface area contributed by atoms with Gasteiger partial charge in [0.2, 0.25) is 0 Å². The number of amides is 1. The molecule has 0 aliphatic carbocycles. The normalized spacial score (nSPS) is 13.1. The van der Waals surface area contributed by atoms with E-state index >= 15 is 0 Å². The Morgan fingerprint density at radius 1 is 1.39 bits per heavy atom. The van der Waals surface area contributed by atoms with Gasteiger partial charge in [0.05, 0.1) is 17.9 Å². The Balaban J connectivity index is 0.00000113. The number of hydrogen-bond donors (Lipinski definition) is 2. The third-order valence-electron chi connectivity index (χ3n) is 3.83. The zero-order valence-electron chi connectivity index (χ0n) is 17.4. The van der Waals surface area contributed by atoms with Crippen LogP contribution in [0.4, 0.5) is 18.9 Å². The number of aromatic nitrogens is 2. The maximum absolute atomic E-state index is 13.0. The molecule has 0 aliphatic heterocycles. The molecule has 0 bridgehead atoms. The van der Waals surface area contributed by atoms with Gasteiger partial charge in [-0.05, 0) is 36.6 Å². The van der Waals surface area contributed by atoms with Gasteiger partial charge in [-0.15, -0.1) is 11.3 Å². The molecule has 0 saturated carbocycles. The van der Waals surface area contributed by atoms with Crippen molar-refractivity contribution in [1.29, 1.82) is 0 Å². The van der Waals surface area contributed by atoms with Crippen molar-refractivity contribution in [3.8, 4) is 0 Å². The Bertz CT molecular complexity index is 858. The summed E-state index contributed by atoms with van der Waals surface area (Å²) in [4.78, 5) is 21.2. The van der Waals surface area contributed by atoms with E-state index in [9.17, 15) is 22.5 Å². The van der Waals surface area contributed by atoms with E-state index in [2.05, 4.69) is 28.8 Å². The second-order valence-electron chi connectivity index (χ2n) is 6.94. The summed E-state index contributed by atoms with van der Waals surface area (Å²) >= 11 is 1.49. The van der Waals surface area contributed by atoms with Gasteiger partial charge in [0, 0.05) is 18.1 Å². The molecule has 2 heterocycles. The van der Waals surface area contributed by atoms with Gasteiger partial charge in [0.25, 0.3) is 5.91 Å². The molecular formula is C18H29CaF3N3O4PS. The standard InChI is InChI=1S/C16H20F3N3OS.C2H7O3P.Ca.2H/c1-9(2)7-10(3)13-12(5-6-24-13)20-15(23)11-8-22(4)21-14(11)16(17,18)19;1-2-5-6(3)4;;;/h5-6,8-10H,7H2,1-4H3,(H,20,23);6H,2H2,1H3,(H,3,4);;;. The molecule has 2 unspecified atom stereocenters. The molecule has 0 aliphatic rings. The van der Waals surface area contributed by atoms with Gasteiger partial charge in [-0.3, -0.25) is 14.0 Å². The molecule has 2 rings (SSSR count). The molecule has 2 N–H and O–H groups in total. The molecule has 2 aromatic heterocycles. The Morgan fingerprint density at radius 3 is 2.45 bits per heavy atom. The predicted molar refractivity (Wildman–Crippen MR) is 120 cm³/mol. The van der Waals surface area contributed by atoms with Crippen LogP contribution in [-0.4, -0.2) is 64.9 Å². The van der Waals surface area contributed by atoms with Crippen LogP contribution in [0.2, 0.25) is 0 Å². The summed E-state index contributed by atoms with van der Waals surface area (Å²) in [6.45, 7) is 8.24. The molecule has 0 fully saturated rings. The monoisotopic (exact) mass is 511 g/mol. The number of nitrogens with zero attached hydrogens (tertiary/aromatic N) is 2. The molecule has 0 aromatic carbocycles. The molecule has 174 valence electrons. The van der Waals surface area contributed by atoms with E-state index in [4.69, 9.17) is 4.89 Å². The second-order valence-corrected chi connectivity index (χ2v) is 8.71. The second kappa shape index (κ2) is 14.0. The van der Waals surface area contributed by atoms with Crippen molar-refractivity contribution in [2.24, 2.45) is 13.0 Å². The SMILES string of the molecule is CC(C)CC(C)c1sccc1NC(=O)c1cn(C)nc1C(F)(F)F.CCO[PH](=O)O.[CaH2]. The maximum atomic E-state index is 13.0. The number of rotatable bonds is 7. The first kappa shape index (κ1) is 30.6. The Labute approximate surface area is 214 Å². The van der Waals surface area contributed by atoms with Gasteiger partial charge < -0.3 is 14.7 Å². The number of nitrogens with one attached hydrogen (secondary N) is 1. The van der Waals surface area contributed by atoms with Crippen LogP contribution in [0.1, 0.15) is 61.0 Å². The Kier molecular flexibility index (Phi) is 13.8. The molecule has 1 amide bonds. The summed E-state index contributed by atoms with van der Waals surface area (Å²) in [5.74, 6) is -0.0936. The molecule has 7 nitrogen and oxygen atoms in total. The van der Waals surface area contributed by atoms with Crippen LogP contribution in [0.5, 0.6) is 0 Å². The topological polar surface area (TPSA) is 93.5 Å². The van der Waals surface area contributed by atoms with Gasteiger partial charge in [0.15, 0.2) is 5.69 Å². The average Bonchev–Trinajstić information content (AvgIpc) is 3.20. The average molecular weight is 512 g/mol. The first-order valence-corrected chi connectivity index (χ1v) is 11.4. The van der Waals surface area contributed by atoms with Crippen LogP contribution < -0.4 is 5.32 Å². The summed E-state index contributed by atoms with van der Waals surface area (Å²) in [7, 11) is -1.28. The third kappa shape index (κ3) is 10.4. The molecule has 0 spiro atoms. The summed E-state index contributed by atoms with van der Waals surface area (Å²) in [6, 6.07) is 1.72. The number of alkyl halides is 3. The third-order valence-corrected chi connectivity index (χ3v) is 5.51. The summed E-state index contributed by atoms with van der Waals surface area (Å²) in [5, 5.41) is 7.80. The van der Waals surface area contributed by atoms with Crippen molar-refractivity contribution in [3.63, 3.8) is 0 Å². The molecule has 13 heteroatoms. The van der Waals surface area contributed by atoms with E-state index in [0.29, 0.717) is 18.2 Å². The number of carbonyl (C=O) groups excluding carboxylic acids is 1. The molecule has 0 saturated heterocycles. The molecule has 2 atom stereocenters. The van der Waals surface area contributed by atoms with Crippen molar-refractivity contribution in [2.75, 3.05) is 11.9 Å². The first-order valence-electron chi connectivity index (χ1n) is 9.22. The fourth-order valence-electron chi connectivity index (χ4n) is 2.80. The number of anilines is 1. The summed E-state index contributed by atoms with van der Waals surface area (Å²) in [6.07, 6.45) is -2.65. The minimum atomic E-state index is -4.67. The van der Waals surface area contributed by atoms with E-state index in [0.717, 1.165) is 22.2 Å². The van der Waals surface area contributed by atoms with Crippen LogP contribution in [-0.2, 0) is 22.3 Å². The van der Waals surface area contributed by atoms with Gasteiger partial charge in [-0.25, -0.2) is 0 Å². The van der Waals surface area contributed by atoms with Crippen LogP contribution >= 0.6 is 19.6 Å². The van der Waals surface area contributed by atoms with Crippen LogP contribution in [0.15, 0.2) is 17.6 Å². The van der Waals surface area contributed by atoms with Gasteiger partial charge in [-0.2, -0.15) is 18.3 Å². The van der Waals surface area contributed by atoms with Gasteiger partial charge >= 0.3 is 52.2 Å². The first-order chi connectivity index (χ1) is 13.9. The zero-order valence-corrected chi connectivity index (χ0v) is 19.2. The summed E-state index contributed by atoms with van der Waals surface area (Å²) < 4.78 is 53.7. The number of halogens is 3. The predicted octanol–water partition coefficient (Wildman–Crippen LogP) is 4.39. The Morgan fingerprint density at radius 2 is 2.00 bits per heavy atom. The van der Waals surface area contributed by atoms with Crippen LogP contribution in [0.25, 0.3) is 0 Å². The molecule has 0 radical (unpaired) electrons. The van der Waals surface area contributed by atoms with E-state index in [-0.39, 0.29) is 43.7 Å². The van der Waals surface area contributed by atoms with Gasteiger partial charge in [-0.1, -0.05) is 20.8 Å². The zero-order chi connectivity index (χ0) is 23.1. The van der Waals surface area contributed by atoms with Crippen molar-refractivity contribution < 1.29 is 31.9 Å². The van der Waals surface area contributed by atoms with Crippen molar-refractivity contribution in [2.45, 2.75) is 46.2 Å². The van der Waals surface area contributed by atoms with Crippen molar-refractivity contribution in [1.82, 2.24) is 9.78 Å². The van der Waals surface area contributed by atoms with Crippen LogP contribution in [0, 0.1) is 5.92 Å². The quantitative estimate of drug-likeness (QED) is 0.425. The van der Waals surface area contributed by atoms with E-state index in [1.54, 1.807) is 13.0 Å². The minimum absolute atomic E-state index is 0. The number of aryl methyl sites for hydroxylation is 1. The summed E-state index contributed by atoms with van der Waals surface area (Å²) in [5.41, 5.74) is -1.08. The number of carbonyl (C=O) groups is 1. The Hall–Kier alpha value is -0.420. The molecule has 31 heavy (non-hydrogen) atoms. The van der Waals surface area contributed by atoms with E-state index in [1.807, 2.05) is 12.3 Å². The number of thiophene rings is 1. The fraction of sp³-hybridized carbons (Fsp3) is 0.556. The van der Waals surface area contributed by atoms with E-state index < -0.39 is 31.6 Å². The fourth-order valence-corrected chi connectivity index (χ4v) is 3.97. The van der Waals surface area contributed by atoms with Gasteiger partial charge in [0.1, 0.15) is 0 Å². The number of hydrogen-bond acceptors (Lipinski definition) is 5. The van der Waals surface area contributed by atoms with Crippen molar-refractivity contribution >= 4 is 68.9 Å². The van der Waals surface area contributed by atoms with Crippen LogP contribution in [0.3, 0.4) is 0 Å².